The van der Waals surface area contributed by atoms with Crippen LogP contribution in [0, 0.1) is 5.82 Å². The fourth-order valence-electron chi connectivity index (χ4n) is 1.79. The van der Waals surface area contributed by atoms with Gasteiger partial charge < -0.3 is 16.0 Å². The van der Waals surface area contributed by atoms with Crippen molar-refractivity contribution in [3.8, 4) is 0 Å². The molecule has 0 atom stereocenters. The van der Waals surface area contributed by atoms with Gasteiger partial charge in [-0.2, -0.15) is 10.2 Å². The van der Waals surface area contributed by atoms with Crippen LogP contribution in [-0.2, 0) is 0 Å². The fraction of sp³-hybridized carbons (Fsp3) is 0.143. The van der Waals surface area contributed by atoms with Gasteiger partial charge in [0, 0.05) is 24.5 Å². The van der Waals surface area contributed by atoms with Gasteiger partial charge in [-0.05, 0) is 18.2 Å². The van der Waals surface area contributed by atoms with E-state index >= 15 is 0 Å². The number of amides is 1. The van der Waals surface area contributed by atoms with E-state index in [0.717, 1.165) is 12.3 Å². The number of aromatic nitrogens is 3. The molecule has 0 saturated heterocycles. The number of carbonyl (C=O) groups excluding carboxylic acids is 1. The van der Waals surface area contributed by atoms with Gasteiger partial charge in [0.1, 0.15) is 0 Å². The van der Waals surface area contributed by atoms with E-state index in [1.54, 1.807) is 0 Å². The van der Waals surface area contributed by atoms with Crippen molar-refractivity contribution in [2.75, 3.05) is 6.54 Å². The van der Waals surface area contributed by atoms with E-state index in [4.69, 9.17) is 5.73 Å². The number of alkyl halides is 2. The van der Waals surface area contributed by atoms with Gasteiger partial charge in [-0.1, -0.05) is 0 Å². The Morgan fingerprint density at radius 1 is 1.42 bits per heavy atom. The Balaban J connectivity index is 2.22. The van der Waals surface area contributed by atoms with Crippen LogP contribution in [0.5, 0.6) is 0 Å². The Morgan fingerprint density at radius 2 is 2.17 bits per heavy atom. The van der Waals surface area contributed by atoms with Gasteiger partial charge >= 0.3 is 0 Å². The summed E-state index contributed by atoms with van der Waals surface area (Å²) in [4.78, 5) is 24.9. The predicted molar refractivity (Wildman–Crippen MR) is 78.5 cm³/mol. The quantitative estimate of drug-likeness (QED) is 0.741. The first kappa shape index (κ1) is 17.2. The number of hydrogen-bond donors (Lipinski definition) is 3. The normalized spacial score (nSPS) is 12.0. The number of hydrogen-bond acceptors (Lipinski definition) is 5. The molecule has 126 valence electrons. The van der Waals surface area contributed by atoms with Crippen LogP contribution in [0.1, 0.15) is 16.1 Å². The molecule has 0 saturated carbocycles. The molecule has 2 aromatic rings. The van der Waals surface area contributed by atoms with Crippen LogP contribution in [0.15, 0.2) is 41.1 Å². The molecule has 24 heavy (non-hydrogen) atoms. The van der Waals surface area contributed by atoms with Crippen LogP contribution in [0.2, 0.25) is 0 Å². The number of nitrogens with two attached hydrogens (primary N) is 1. The van der Waals surface area contributed by atoms with E-state index in [0.29, 0.717) is 0 Å². The highest BCUT2D eigenvalue weighted by molar-refractivity contribution is 5.94. The van der Waals surface area contributed by atoms with Crippen LogP contribution >= 0.6 is 0 Å². The molecule has 7 nitrogen and oxygen atoms in total. The SMILES string of the molecule is NC(=C(CNC(=O)c1c[nH]c(=O)c(F)c1)c1cccnn1)C(F)F. The molecule has 0 bridgehead atoms. The Morgan fingerprint density at radius 3 is 2.75 bits per heavy atom. The van der Waals surface area contributed by atoms with Gasteiger partial charge in [0.2, 0.25) is 0 Å². The van der Waals surface area contributed by atoms with Gasteiger partial charge in [-0.15, -0.1) is 0 Å². The van der Waals surface area contributed by atoms with Gasteiger partial charge in [0.25, 0.3) is 17.9 Å². The fourth-order valence-corrected chi connectivity index (χ4v) is 1.79. The summed E-state index contributed by atoms with van der Waals surface area (Å²) < 4.78 is 38.9. The maximum Gasteiger partial charge on any atom is 0.283 e. The number of aromatic amines is 1. The third-order valence-electron chi connectivity index (χ3n) is 3.01. The van der Waals surface area contributed by atoms with Gasteiger partial charge in [-0.3, -0.25) is 9.59 Å². The second kappa shape index (κ2) is 7.40. The maximum absolute atomic E-state index is 13.2. The topological polar surface area (TPSA) is 114 Å². The second-order valence-corrected chi connectivity index (χ2v) is 4.59. The monoisotopic (exact) mass is 339 g/mol. The largest absolute Gasteiger partial charge is 0.397 e. The average molecular weight is 339 g/mol. The summed E-state index contributed by atoms with van der Waals surface area (Å²) in [5.74, 6) is -1.92. The van der Waals surface area contributed by atoms with Gasteiger partial charge in [0.15, 0.2) is 5.82 Å². The molecule has 0 unspecified atom stereocenters. The van der Waals surface area contributed by atoms with Crippen LogP contribution in [0.25, 0.3) is 5.57 Å². The lowest BCUT2D eigenvalue weighted by molar-refractivity contribution is 0.0957. The molecule has 4 N–H and O–H groups in total. The van der Waals surface area contributed by atoms with Crippen molar-refractivity contribution in [3.05, 3.63) is 63.7 Å². The van der Waals surface area contributed by atoms with Crippen LogP contribution in [0.3, 0.4) is 0 Å². The third kappa shape index (κ3) is 3.97. The number of rotatable bonds is 5. The lowest BCUT2D eigenvalue weighted by atomic mass is 10.1. The van der Waals surface area contributed by atoms with Crippen molar-refractivity contribution in [3.63, 3.8) is 0 Å². The predicted octanol–water partition coefficient (Wildman–Crippen LogP) is 0.669. The molecule has 0 aromatic carbocycles. The summed E-state index contributed by atoms with van der Waals surface area (Å²) >= 11 is 0. The summed E-state index contributed by atoms with van der Waals surface area (Å²) in [7, 11) is 0. The number of allylic oxidation sites excluding steroid dienone is 1. The Labute approximate surface area is 133 Å². The van der Waals surface area contributed by atoms with E-state index in [1.165, 1.54) is 18.3 Å². The van der Waals surface area contributed by atoms with Crippen molar-refractivity contribution in [1.29, 1.82) is 0 Å². The first-order valence-corrected chi connectivity index (χ1v) is 6.61. The molecule has 2 heterocycles. The molecule has 1 amide bonds. The number of halogens is 3. The smallest absolute Gasteiger partial charge is 0.283 e. The first-order chi connectivity index (χ1) is 11.4. The first-order valence-electron chi connectivity index (χ1n) is 6.61. The molecule has 0 fully saturated rings. The zero-order valence-electron chi connectivity index (χ0n) is 12.1. The van der Waals surface area contributed by atoms with Crippen molar-refractivity contribution in [1.82, 2.24) is 20.5 Å². The second-order valence-electron chi connectivity index (χ2n) is 4.59. The number of nitrogens with one attached hydrogen (secondary N) is 2. The maximum atomic E-state index is 13.2. The van der Waals surface area contributed by atoms with E-state index in [2.05, 4.69) is 15.5 Å². The number of H-pyrrole nitrogens is 1. The Hall–Kier alpha value is -3.17. The minimum Gasteiger partial charge on any atom is -0.397 e. The molecular weight excluding hydrogens is 327 g/mol. The molecule has 10 heteroatoms. The third-order valence-corrected chi connectivity index (χ3v) is 3.01. The highest BCUT2D eigenvalue weighted by Gasteiger charge is 2.18. The van der Waals surface area contributed by atoms with Gasteiger partial charge in [-0.25, -0.2) is 13.2 Å². The highest BCUT2D eigenvalue weighted by Crippen LogP contribution is 2.17. The van der Waals surface area contributed by atoms with E-state index in [-0.39, 0.29) is 23.4 Å². The van der Waals surface area contributed by atoms with Crippen molar-refractivity contribution < 1.29 is 18.0 Å². The Kier molecular flexibility index (Phi) is 5.30. The Bertz CT molecular complexity index is 821. The van der Waals surface area contributed by atoms with E-state index in [1.807, 2.05) is 4.98 Å². The van der Waals surface area contributed by atoms with E-state index < -0.39 is 29.4 Å². The number of nitrogens with zero attached hydrogens (tertiary/aromatic N) is 2. The summed E-state index contributed by atoms with van der Waals surface area (Å²) in [6.45, 7) is -0.381. The lowest BCUT2D eigenvalue weighted by Gasteiger charge is -2.12. The van der Waals surface area contributed by atoms with Crippen LogP contribution in [-0.4, -0.2) is 34.1 Å². The average Bonchev–Trinajstić information content (AvgIpc) is 2.58. The molecule has 2 rings (SSSR count). The van der Waals surface area contributed by atoms with Gasteiger partial charge in [0.05, 0.1) is 17.0 Å². The highest BCUT2D eigenvalue weighted by atomic mass is 19.3. The minimum atomic E-state index is -2.95. The standard InChI is InChI=1S/C14H12F3N5O2/c15-9-4-7(5-19-14(9)24)13(23)20-6-8(11(18)12(16)17)10-2-1-3-21-22-10/h1-5,12H,6,18H2,(H,19,24)(H,20,23). The van der Waals surface area contributed by atoms with E-state index in [9.17, 15) is 22.8 Å². The van der Waals surface area contributed by atoms with Crippen molar-refractivity contribution >= 4 is 11.5 Å². The molecular formula is C14H12F3N5O2. The summed E-state index contributed by atoms with van der Waals surface area (Å²) in [5, 5.41) is 9.56. The summed E-state index contributed by atoms with van der Waals surface area (Å²) in [5.41, 5.74) is 3.40. The molecule has 0 aliphatic carbocycles. The van der Waals surface area contributed by atoms with Crippen molar-refractivity contribution in [2.45, 2.75) is 6.43 Å². The molecule has 0 aliphatic heterocycles. The molecule has 0 aliphatic rings. The zero-order valence-corrected chi connectivity index (χ0v) is 12.1. The molecule has 0 spiro atoms. The van der Waals surface area contributed by atoms with Crippen molar-refractivity contribution in [2.24, 2.45) is 5.73 Å². The molecule has 0 radical (unpaired) electrons. The summed E-state index contributed by atoms with van der Waals surface area (Å²) in [6.07, 6.45) is -0.603. The number of carbonyl (C=O) groups is 1. The summed E-state index contributed by atoms with van der Waals surface area (Å²) in [6, 6.07) is 3.61. The number of pyridine rings is 1. The van der Waals surface area contributed by atoms with Crippen LogP contribution < -0.4 is 16.6 Å². The lowest BCUT2D eigenvalue weighted by Crippen LogP contribution is -2.28. The van der Waals surface area contributed by atoms with Crippen LogP contribution in [0.4, 0.5) is 13.2 Å². The molecule has 2 aromatic heterocycles. The minimum absolute atomic E-state index is 0.0725. The zero-order chi connectivity index (χ0) is 17.7.